The van der Waals surface area contributed by atoms with Crippen molar-refractivity contribution >= 4 is 20.8 Å². The van der Waals surface area contributed by atoms with Gasteiger partial charge in [0, 0.05) is 31.9 Å². The van der Waals surface area contributed by atoms with Crippen LogP contribution in [0.4, 0.5) is 4.39 Å². The van der Waals surface area contributed by atoms with Crippen molar-refractivity contribution < 1.29 is 27.2 Å². The minimum absolute atomic E-state index is 0.333. The molecule has 28 heavy (non-hydrogen) atoms. The molecule has 0 amide bonds. The van der Waals surface area contributed by atoms with E-state index < -0.39 is 14.8 Å². The summed E-state index contributed by atoms with van der Waals surface area (Å²) in [4.78, 5) is 11.7. The van der Waals surface area contributed by atoms with Gasteiger partial charge in [-0.15, -0.1) is 0 Å². The average molecular weight is 413 g/mol. The molecule has 1 rings (SSSR count). The molecule has 158 valence electrons. The SMILES string of the molecule is CCO[Si](CCCCCCOC(=O)/C=C/c1cccc(F)c1)(OCC)OCC. The van der Waals surface area contributed by atoms with Crippen molar-refractivity contribution in [2.75, 3.05) is 26.4 Å². The maximum Gasteiger partial charge on any atom is 0.500 e. The van der Waals surface area contributed by atoms with Gasteiger partial charge in [-0.1, -0.05) is 25.0 Å². The molecule has 7 heteroatoms. The fourth-order valence-electron chi connectivity index (χ4n) is 2.79. The van der Waals surface area contributed by atoms with E-state index in [1.54, 1.807) is 18.2 Å². The molecule has 0 fully saturated rings. The highest BCUT2D eigenvalue weighted by molar-refractivity contribution is 6.60. The number of benzene rings is 1. The van der Waals surface area contributed by atoms with Gasteiger partial charge in [-0.05, 0) is 57.4 Å². The molecule has 0 saturated carbocycles. The summed E-state index contributed by atoms with van der Waals surface area (Å²) in [6, 6.07) is 6.85. The van der Waals surface area contributed by atoms with E-state index in [1.165, 1.54) is 18.2 Å². The van der Waals surface area contributed by atoms with Crippen LogP contribution in [0.5, 0.6) is 0 Å². The summed E-state index contributed by atoms with van der Waals surface area (Å²) in [7, 11) is -2.55. The van der Waals surface area contributed by atoms with Crippen LogP contribution in [0.25, 0.3) is 6.08 Å². The zero-order chi connectivity index (χ0) is 20.7. The second-order valence-electron chi connectivity index (χ2n) is 6.20. The first-order chi connectivity index (χ1) is 13.5. The molecule has 1 aromatic rings. The average Bonchev–Trinajstić information content (AvgIpc) is 2.66. The van der Waals surface area contributed by atoms with Crippen molar-refractivity contribution in [3.8, 4) is 0 Å². The van der Waals surface area contributed by atoms with Crippen molar-refractivity contribution in [2.24, 2.45) is 0 Å². The van der Waals surface area contributed by atoms with Crippen molar-refractivity contribution in [3.63, 3.8) is 0 Å². The van der Waals surface area contributed by atoms with E-state index in [1.807, 2.05) is 20.8 Å². The van der Waals surface area contributed by atoms with Gasteiger partial charge in [0.25, 0.3) is 0 Å². The summed E-state index contributed by atoms with van der Waals surface area (Å²) in [5, 5.41) is 0. The third kappa shape index (κ3) is 10.1. The Morgan fingerprint density at radius 3 is 2.25 bits per heavy atom. The Kier molecular flexibility index (Phi) is 12.6. The number of hydrogen-bond donors (Lipinski definition) is 0. The van der Waals surface area contributed by atoms with Crippen molar-refractivity contribution in [1.82, 2.24) is 0 Å². The van der Waals surface area contributed by atoms with Crippen molar-refractivity contribution in [3.05, 3.63) is 41.7 Å². The lowest BCUT2D eigenvalue weighted by atomic mass is 10.2. The second-order valence-corrected chi connectivity index (χ2v) is 8.93. The lowest BCUT2D eigenvalue weighted by Crippen LogP contribution is -2.45. The first-order valence-electron chi connectivity index (χ1n) is 10.1. The highest BCUT2D eigenvalue weighted by atomic mass is 28.4. The number of unbranched alkanes of at least 4 members (excludes halogenated alkanes) is 3. The Morgan fingerprint density at radius 1 is 1.00 bits per heavy atom. The highest BCUT2D eigenvalue weighted by Gasteiger charge is 2.39. The van der Waals surface area contributed by atoms with Gasteiger partial charge in [0.05, 0.1) is 6.61 Å². The molecule has 1 aromatic carbocycles. The Balaban J connectivity index is 2.21. The predicted molar refractivity (Wildman–Crippen MR) is 110 cm³/mol. The van der Waals surface area contributed by atoms with Crippen molar-refractivity contribution in [2.45, 2.75) is 52.5 Å². The predicted octanol–water partition coefficient (Wildman–Crippen LogP) is 4.99. The van der Waals surface area contributed by atoms with Crippen LogP contribution in [0.2, 0.25) is 6.04 Å². The van der Waals surface area contributed by atoms with Crippen LogP contribution in [-0.2, 0) is 22.8 Å². The molecule has 0 aromatic heterocycles. The summed E-state index contributed by atoms with van der Waals surface area (Å²) >= 11 is 0. The van der Waals surface area contributed by atoms with Crippen LogP contribution in [0, 0.1) is 5.82 Å². The fourth-order valence-corrected chi connectivity index (χ4v) is 5.48. The standard InChI is InChI=1S/C21H33FO5Si/c1-4-25-28(26-5-2,27-6-3)17-10-8-7-9-16-24-21(23)15-14-19-12-11-13-20(22)18-19/h11-15,18H,4-10,16-17H2,1-3H3/b15-14+. The third-order valence-corrected chi connectivity index (χ3v) is 7.13. The Labute approximate surface area is 169 Å². The number of carbonyl (C=O) groups is 1. The summed E-state index contributed by atoms with van der Waals surface area (Å²) in [5.74, 6) is -0.750. The minimum Gasteiger partial charge on any atom is -0.463 e. The first-order valence-corrected chi connectivity index (χ1v) is 12.0. The van der Waals surface area contributed by atoms with Crippen LogP contribution in [-0.4, -0.2) is 41.2 Å². The van der Waals surface area contributed by atoms with Gasteiger partial charge in [0.2, 0.25) is 0 Å². The zero-order valence-electron chi connectivity index (χ0n) is 17.2. The van der Waals surface area contributed by atoms with E-state index in [-0.39, 0.29) is 5.82 Å². The smallest absolute Gasteiger partial charge is 0.463 e. The van der Waals surface area contributed by atoms with E-state index in [0.29, 0.717) is 32.0 Å². The molecule has 0 aliphatic carbocycles. The van der Waals surface area contributed by atoms with Crippen LogP contribution >= 0.6 is 0 Å². The number of halogens is 1. The maximum absolute atomic E-state index is 13.1. The van der Waals surface area contributed by atoms with Crippen LogP contribution in [0.1, 0.15) is 52.0 Å². The van der Waals surface area contributed by atoms with Crippen LogP contribution in [0.3, 0.4) is 0 Å². The lowest BCUT2D eigenvalue weighted by Gasteiger charge is -2.28. The molecule has 0 unspecified atom stereocenters. The zero-order valence-corrected chi connectivity index (χ0v) is 18.2. The van der Waals surface area contributed by atoms with Gasteiger partial charge < -0.3 is 18.0 Å². The Morgan fingerprint density at radius 2 is 1.64 bits per heavy atom. The molecule has 0 spiro atoms. The Hall–Kier alpha value is -1.54. The van der Waals surface area contributed by atoms with Gasteiger partial charge in [-0.3, -0.25) is 0 Å². The summed E-state index contributed by atoms with van der Waals surface area (Å²) in [6.07, 6.45) is 6.58. The van der Waals surface area contributed by atoms with E-state index >= 15 is 0 Å². The van der Waals surface area contributed by atoms with Crippen molar-refractivity contribution in [1.29, 1.82) is 0 Å². The van der Waals surface area contributed by atoms with Gasteiger partial charge in [-0.25, -0.2) is 9.18 Å². The molecular weight excluding hydrogens is 379 g/mol. The highest BCUT2D eigenvalue weighted by Crippen LogP contribution is 2.20. The van der Waals surface area contributed by atoms with Gasteiger partial charge in [0.1, 0.15) is 5.82 Å². The molecule has 0 heterocycles. The number of ether oxygens (including phenoxy) is 1. The normalized spacial score (nSPS) is 11.9. The molecule has 0 N–H and O–H groups in total. The summed E-state index contributed by atoms with van der Waals surface area (Å²) in [6.45, 7) is 8.00. The van der Waals surface area contributed by atoms with Gasteiger partial charge >= 0.3 is 14.8 Å². The van der Waals surface area contributed by atoms with Gasteiger partial charge in [0.15, 0.2) is 0 Å². The van der Waals surface area contributed by atoms with E-state index in [0.717, 1.165) is 31.7 Å². The largest absolute Gasteiger partial charge is 0.500 e. The number of carbonyl (C=O) groups excluding carboxylic acids is 1. The summed E-state index contributed by atoms with van der Waals surface area (Å²) < 4.78 is 35.7. The molecule has 0 atom stereocenters. The molecule has 0 radical (unpaired) electrons. The van der Waals surface area contributed by atoms with E-state index in [4.69, 9.17) is 18.0 Å². The second kappa shape index (κ2) is 14.5. The molecule has 0 saturated heterocycles. The maximum atomic E-state index is 13.1. The summed E-state index contributed by atoms with van der Waals surface area (Å²) in [5.41, 5.74) is 0.627. The monoisotopic (exact) mass is 412 g/mol. The number of hydrogen-bond acceptors (Lipinski definition) is 5. The molecule has 0 aliphatic heterocycles. The Bertz CT molecular complexity index is 577. The topological polar surface area (TPSA) is 54.0 Å². The van der Waals surface area contributed by atoms with Crippen LogP contribution in [0.15, 0.2) is 30.3 Å². The quantitative estimate of drug-likeness (QED) is 0.176. The van der Waals surface area contributed by atoms with Gasteiger partial charge in [-0.2, -0.15) is 0 Å². The molecule has 0 bridgehead atoms. The number of esters is 1. The van der Waals surface area contributed by atoms with Crippen LogP contribution < -0.4 is 0 Å². The fraction of sp³-hybridized carbons (Fsp3) is 0.571. The first kappa shape index (κ1) is 24.5. The lowest BCUT2D eigenvalue weighted by molar-refractivity contribution is -0.137. The molecular formula is C21H33FO5Si. The molecule has 5 nitrogen and oxygen atoms in total. The van der Waals surface area contributed by atoms with E-state index in [2.05, 4.69) is 0 Å². The minimum atomic E-state index is -2.55. The number of rotatable bonds is 15. The molecule has 0 aliphatic rings. The van der Waals surface area contributed by atoms with E-state index in [9.17, 15) is 9.18 Å². The third-order valence-electron chi connectivity index (χ3n) is 3.97.